The highest BCUT2D eigenvalue weighted by Gasteiger charge is 2.24. The summed E-state index contributed by atoms with van der Waals surface area (Å²) < 4.78 is 0. The predicted octanol–water partition coefficient (Wildman–Crippen LogP) is 0.527. The van der Waals surface area contributed by atoms with Crippen LogP contribution in [0.1, 0.15) is 11.1 Å². The number of thioether (sulfide) groups is 1. The molecule has 2 amide bonds. The lowest BCUT2D eigenvalue weighted by Crippen LogP contribution is -2.42. The Bertz CT molecular complexity index is 570. The first-order valence-corrected chi connectivity index (χ1v) is 8.28. The number of benzene rings is 1. The first-order valence-electron chi connectivity index (χ1n) is 7.12. The topological polar surface area (TPSA) is 61.4 Å². The number of anilines is 1. The molecule has 3 rings (SSSR count). The van der Waals surface area contributed by atoms with E-state index >= 15 is 0 Å². The third-order valence-corrected chi connectivity index (χ3v) is 4.91. The number of amides is 2. The van der Waals surface area contributed by atoms with Crippen molar-refractivity contribution >= 4 is 29.3 Å². The lowest BCUT2D eigenvalue weighted by Gasteiger charge is -2.12. The van der Waals surface area contributed by atoms with Crippen molar-refractivity contribution in [3.05, 3.63) is 29.3 Å². The van der Waals surface area contributed by atoms with Crippen LogP contribution in [0.2, 0.25) is 0 Å². The Morgan fingerprint density at radius 2 is 2.38 bits per heavy atom. The molecule has 112 valence electrons. The summed E-state index contributed by atoms with van der Waals surface area (Å²) in [6, 6.07) is 6.05. The van der Waals surface area contributed by atoms with Crippen LogP contribution in [-0.2, 0) is 22.4 Å². The van der Waals surface area contributed by atoms with Gasteiger partial charge in [0.2, 0.25) is 11.8 Å². The van der Waals surface area contributed by atoms with Gasteiger partial charge in [0.15, 0.2) is 0 Å². The maximum absolute atomic E-state index is 11.9. The van der Waals surface area contributed by atoms with Gasteiger partial charge in [-0.25, -0.2) is 0 Å². The molecule has 5 nitrogen and oxygen atoms in total. The number of nitrogens with one attached hydrogen (secondary N) is 2. The summed E-state index contributed by atoms with van der Waals surface area (Å²) in [5, 5.41) is 6.12. The maximum Gasteiger partial charge on any atom is 0.238 e. The van der Waals surface area contributed by atoms with Gasteiger partial charge >= 0.3 is 0 Å². The van der Waals surface area contributed by atoms with Crippen molar-refractivity contribution in [1.82, 2.24) is 10.6 Å². The molecule has 0 spiro atoms. The van der Waals surface area contributed by atoms with Crippen LogP contribution in [-0.4, -0.2) is 43.1 Å². The van der Waals surface area contributed by atoms with Crippen LogP contribution in [0.3, 0.4) is 0 Å². The van der Waals surface area contributed by atoms with Gasteiger partial charge in [-0.1, -0.05) is 12.1 Å². The summed E-state index contributed by atoms with van der Waals surface area (Å²) in [5.41, 5.74) is 3.24. The molecular formula is C15H19N3O2S. The summed E-state index contributed by atoms with van der Waals surface area (Å²) in [7, 11) is 1.81. The van der Waals surface area contributed by atoms with Crippen molar-refractivity contribution in [2.45, 2.75) is 18.9 Å². The smallest absolute Gasteiger partial charge is 0.238 e. The van der Waals surface area contributed by atoms with E-state index in [1.165, 1.54) is 0 Å². The largest absolute Gasteiger partial charge is 0.354 e. The number of fused-ring (bicyclic) bond motifs is 1. The average molecular weight is 305 g/mol. The molecule has 2 aliphatic heterocycles. The molecule has 2 aliphatic rings. The average Bonchev–Trinajstić information content (AvgIpc) is 3.09. The molecule has 1 unspecified atom stereocenters. The van der Waals surface area contributed by atoms with Crippen LogP contribution in [0.15, 0.2) is 18.2 Å². The maximum atomic E-state index is 11.9. The fourth-order valence-electron chi connectivity index (χ4n) is 2.70. The van der Waals surface area contributed by atoms with Gasteiger partial charge in [0.1, 0.15) is 0 Å². The third-order valence-electron chi connectivity index (χ3n) is 3.97. The van der Waals surface area contributed by atoms with Crippen molar-refractivity contribution in [3.63, 3.8) is 0 Å². The zero-order chi connectivity index (χ0) is 14.8. The molecule has 6 heteroatoms. The summed E-state index contributed by atoms with van der Waals surface area (Å²) in [5.74, 6) is 1.92. The van der Waals surface area contributed by atoms with E-state index in [0.717, 1.165) is 34.9 Å². The quantitative estimate of drug-likeness (QED) is 0.852. The third kappa shape index (κ3) is 3.06. The molecule has 1 saturated heterocycles. The summed E-state index contributed by atoms with van der Waals surface area (Å²) in [4.78, 5) is 25.2. The van der Waals surface area contributed by atoms with E-state index in [1.807, 2.05) is 12.1 Å². The van der Waals surface area contributed by atoms with Gasteiger partial charge in [0, 0.05) is 30.9 Å². The molecule has 21 heavy (non-hydrogen) atoms. The normalized spacial score (nSPS) is 20.7. The van der Waals surface area contributed by atoms with E-state index < -0.39 is 0 Å². The number of hydrogen-bond donors (Lipinski definition) is 2. The second-order valence-electron chi connectivity index (χ2n) is 5.41. The summed E-state index contributed by atoms with van der Waals surface area (Å²) in [6.45, 7) is 0.629. The second kappa shape index (κ2) is 6.07. The van der Waals surface area contributed by atoms with Crippen molar-refractivity contribution < 1.29 is 9.59 Å². The molecule has 1 atom stereocenters. The Morgan fingerprint density at radius 3 is 3.14 bits per heavy atom. The van der Waals surface area contributed by atoms with Gasteiger partial charge in [0.25, 0.3) is 0 Å². The fraction of sp³-hybridized carbons (Fsp3) is 0.467. The van der Waals surface area contributed by atoms with Gasteiger partial charge in [-0.3, -0.25) is 14.9 Å². The lowest BCUT2D eigenvalue weighted by atomic mass is 10.1. The van der Waals surface area contributed by atoms with Crippen molar-refractivity contribution in [3.8, 4) is 0 Å². The number of hydrogen-bond acceptors (Lipinski definition) is 4. The highest BCUT2D eigenvalue weighted by molar-refractivity contribution is 7.99. The van der Waals surface area contributed by atoms with Crippen LogP contribution in [0.5, 0.6) is 0 Å². The Labute approximate surface area is 128 Å². The van der Waals surface area contributed by atoms with Gasteiger partial charge in [-0.15, -0.1) is 11.8 Å². The van der Waals surface area contributed by atoms with Gasteiger partial charge in [-0.05, 0) is 23.6 Å². The van der Waals surface area contributed by atoms with Crippen LogP contribution in [0.4, 0.5) is 5.69 Å². The van der Waals surface area contributed by atoms with Crippen LogP contribution < -0.4 is 15.5 Å². The molecule has 0 radical (unpaired) electrons. The summed E-state index contributed by atoms with van der Waals surface area (Å²) >= 11 is 1.75. The van der Waals surface area contributed by atoms with Crippen LogP contribution in [0.25, 0.3) is 0 Å². The highest BCUT2D eigenvalue weighted by atomic mass is 32.2. The van der Waals surface area contributed by atoms with E-state index in [1.54, 1.807) is 23.7 Å². The summed E-state index contributed by atoms with van der Waals surface area (Å²) in [6.07, 6.45) is 1.27. The number of rotatable bonds is 4. The van der Waals surface area contributed by atoms with Crippen LogP contribution >= 0.6 is 11.8 Å². The number of likely N-dealkylation sites (N-methyl/N-ethyl adjacent to an activating group) is 1. The SMILES string of the molecule is CN1C(=O)Cc2cc(CCNC(=O)C3CSCN3)ccc21. The van der Waals surface area contributed by atoms with E-state index in [9.17, 15) is 9.59 Å². The number of carbonyl (C=O) groups is 2. The molecule has 1 aromatic rings. The molecule has 2 N–H and O–H groups in total. The molecule has 2 heterocycles. The van der Waals surface area contributed by atoms with E-state index in [-0.39, 0.29) is 17.9 Å². The minimum absolute atomic E-state index is 0.0544. The first kappa shape index (κ1) is 14.4. The van der Waals surface area contributed by atoms with Crippen molar-refractivity contribution in [1.29, 1.82) is 0 Å². The molecular weight excluding hydrogens is 286 g/mol. The minimum Gasteiger partial charge on any atom is -0.354 e. The van der Waals surface area contributed by atoms with E-state index in [4.69, 9.17) is 0 Å². The Balaban J connectivity index is 1.53. The predicted molar refractivity (Wildman–Crippen MR) is 84.5 cm³/mol. The van der Waals surface area contributed by atoms with Crippen LogP contribution in [0, 0.1) is 0 Å². The van der Waals surface area contributed by atoms with Gasteiger partial charge in [-0.2, -0.15) is 0 Å². The first-order chi connectivity index (χ1) is 10.1. The zero-order valence-electron chi connectivity index (χ0n) is 12.0. The van der Waals surface area contributed by atoms with Crippen molar-refractivity contribution in [2.75, 3.05) is 30.1 Å². The molecule has 0 aromatic heterocycles. The van der Waals surface area contributed by atoms with E-state index in [0.29, 0.717) is 13.0 Å². The number of carbonyl (C=O) groups excluding carboxylic acids is 2. The fourth-order valence-corrected chi connectivity index (χ4v) is 3.64. The molecule has 0 bridgehead atoms. The number of nitrogens with zero attached hydrogens (tertiary/aromatic N) is 1. The minimum atomic E-state index is -0.0544. The molecule has 1 fully saturated rings. The second-order valence-corrected chi connectivity index (χ2v) is 6.44. The Kier molecular flexibility index (Phi) is 4.17. The lowest BCUT2D eigenvalue weighted by molar-refractivity contribution is -0.122. The molecule has 1 aromatic carbocycles. The molecule has 0 aliphatic carbocycles. The van der Waals surface area contributed by atoms with E-state index in [2.05, 4.69) is 16.7 Å². The monoisotopic (exact) mass is 305 g/mol. The Morgan fingerprint density at radius 1 is 1.52 bits per heavy atom. The van der Waals surface area contributed by atoms with Crippen molar-refractivity contribution in [2.24, 2.45) is 0 Å². The van der Waals surface area contributed by atoms with Gasteiger partial charge in [0.05, 0.1) is 12.5 Å². The standard InChI is InChI=1S/C15H19N3O2S/c1-18-13-3-2-10(6-11(13)7-14(18)19)4-5-16-15(20)12-8-21-9-17-12/h2-3,6,12,17H,4-5,7-9H2,1H3,(H,16,20). The zero-order valence-corrected chi connectivity index (χ0v) is 12.8. The highest BCUT2D eigenvalue weighted by Crippen LogP contribution is 2.28. The Hall–Kier alpha value is -1.53. The molecule has 0 saturated carbocycles. The van der Waals surface area contributed by atoms with Gasteiger partial charge < -0.3 is 10.2 Å².